The van der Waals surface area contributed by atoms with E-state index in [1.807, 2.05) is 12.1 Å². The van der Waals surface area contributed by atoms with E-state index in [9.17, 15) is 0 Å². The van der Waals surface area contributed by atoms with E-state index in [-0.39, 0.29) is 0 Å². The maximum absolute atomic E-state index is 6.52. The second kappa shape index (κ2) is 8.65. The van der Waals surface area contributed by atoms with Gasteiger partial charge in [-0.15, -0.1) is 0 Å². The van der Waals surface area contributed by atoms with Gasteiger partial charge in [-0.05, 0) is 49.4 Å². The Labute approximate surface area is 134 Å². The zero-order valence-electron chi connectivity index (χ0n) is 13.3. The summed E-state index contributed by atoms with van der Waals surface area (Å²) in [5.41, 5.74) is 1.23. The first-order valence-corrected chi connectivity index (χ1v) is 8.71. The van der Waals surface area contributed by atoms with Crippen LogP contribution in [0.15, 0.2) is 18.2 Å². The molecule has 1 fully saturated rings. The van der Waals surface area contributed by atoms with Gasteiger partial charge in [0.25, 0.3) is 0 Å². The standard InChI is InChI=1S/C18H28ClNO/c1-3-12-20-18(14-8-6-4-5-7-9-14)16-11-10-15(21-2)13-17(16)19/h10-11,13-14,18,20H,3-9,12H2,1-2H3. The van der Waals surface area contributed by atoms with Crippen molar-refractivity contribution in [3.8, 4) is 5.75 Å². The smallest absolute Gasteiger partial charge is 0.120 e. The third kappa shape index (κ3) is 4.62. The average molecular weight is 310 g/mol. The summed E-state index contributed by atoms with van der Waals surface area (Å²) in [6.07, 6.45) is 9.23. The lowest BCUT2D eigenvalue weighted by atomic mass is 9.87. The van der Waals surface area contributed by atoms with Crippen molar-refractivity contribution in [3.63, 3.8) is 0 Å². The average Bonchev–Trinajstić information content (AvgIpc) is 2.78. The molecular formula is C18H28ClNO. The third-order valence-electron chi connectivity index (χ3n) is 4.53. The molecule has 1 aromatic carbocycles. The fraction of sp³-hybridized carbons (Fsp3) is 0.667. The van der Waals surface area contributed by atoms with E-state index in [1.165, 1.54) is 44.1 Å². The predicted octanol–water partition coefficient (Wildman–Crippen LogP) is 5.36. The van der Waals surface area contributed by atoms with Crippen LogP contribution in [-0.4, -0.2) is 13.7 Å². The maximum Gasteiger partial charge on any atom is 0.120 e. The van der Waals surface area contributed by atoms with Gasteiger partial charge in [0, 0.05) is 11.1 Å². The molecule has 0 aromatic heterocycles. The van der Waals surface area contributed by atoms with Crippen LogP contribution in [0.25, 0.3) is 0 Å². The van der Waals surface area contributed by atoms with Crippen molar-refractivity contribution >= 4 is 11.6 Å². The molecule has 1 aliphatic rings. The van der Waals surface area contributed by atoms with Gasteiger partial charge in [-0.1, -0.05) is 50.3 Å². The van der Waals surface area contributed by atoms with Crippen molar-refractivity contribution in [2.45, 2.75) is 57.9 Å². The normalized spacial score (nSPS) is 18.2. The van der Waals surface area contributed by atoms with E-state index in [0.717, 1.165) is 23.7 Å². The second-order valence-electron chi connectivity index (χ2n) is 6.07. The van der Waals surface area contributed by atoms with Crippen molar-refractivity contribution in [2.75, 3.05) is 13.7 Å². The summed E-state index contributed by atoms with van der Waals surface area (Å²) in [6, 6.07) is 6.48. The number of rotatable bonds is 6. The number of ether oxygens (including phenoxy) is 1. The lowest BCUT2D eigenvalue weighted by Gasteiger charge is -2.28. The highest BCUT2D eigenvalue weighted by molar-refractivity contribution is 6.31. The molecular weight excluding hydrogens is 282 g/mol. The van der Waals surface area contributed by atoms with E-state index >= 15 is 0 Å². The monoisotopic (exact) mass is 309 g/mol. The number of halogens is 1. The minimum atomic E-state index is 0.376. The van der Waals surface area contributed by atoms with Crippen molar-refractivity contribution in [1.29, 1.82) is 0 Å². The largest absolute Gasteiger partial charge is 0.497 e. The molecule has 3 heteroatoms. The molecule has 0 radical (unpaired) electrons. The Morgan fingerprint density at radius 1 is 1.24 bits per heavy atom. The van der Waals surface area contributed by atoms with Gasteiger partial charge >= 0.3 is 0 Å². The number of hydrogen-bond acceptors (Lipinski definition) is 2. The Kier molecular flexibility index (Phi) is 6.85. The molecule has 0 bridgehead atoms. The molecule has 2 nitrogen and oxygen atoms in total. The van der Waals surface area contributed by atoms with Crippen LogP contribution in [0, 0.1) is 5.92 Å². The summed E-state index contributed by atoms with van der Waals surface area (Å²) in [6.45, 7) is 3.26. The summed E-state index contributed by atoms with van der Waals surface area (Å²) in [7, 11) is 1.68. The molecule has 0 saturated heterocycles. The van der Waals surface area contributed by atoms with E-state index in [1.54, 1.807) is 7.11 Å². The highest BCUT2D eigenvalue weighted by atomic mass is 35.5. The van der Waals surface area contributed by atoms with Crippen LogP contribution in [0.1, 0.15) is 63.5 Å². The second-order valence-corrected chi connectivity index (χ2v) is 6.48. The Balaban J connectivity index is 2.21. The number of benzene rings is 1. The topological polar surface area (TPSA) is 21.3 Å². The van der Waals surface area contributed by atoms with Gasteiger partial charge in [-0.3, -0.25) is 0 Å². The highest BCUT2D eigenvalue weighted by Crippen LogP contribution is 2.37. The minimum Gasteiger partial charge on any atom is -0.497 e. The summed E-state index contributed by atoms with van der Waals surface area (Å²) in [5, 5.41) is 4.56. The van der Waals surface area contributed by atoms with Crippen molar-refractivity contribution in [1.82, 2.24) is 5.32 Å². The molecule has 1 N–H and O–H groups in total. The number of nitrogens with one attached hydrogen (secondary N) is 1. The van der Waals surface area contributed by atoms with Crippen molar-refractivity contribution < 1.29 is 4.74 Å². The first-order chi connectivity index (χ1) is 10.3. The summed E-state index contributed by atoms with van der Waals surface area (Å²) in [4.78, 5) is 0. The molecule has 1 atom stereocenters. The summed E-state index contributed by atoms with van der Waals surface area (Å²) in [5.74, 6) is 1.53. The van der Waals surface area contributed by atoms with Crippen LogP contribution in [0.2, 0.25) is 5.02 Å². The number of hydrogen-bond donors (Lipinski definition) is 1. The molecule has 1 aliphatic carbocycles. The van der Waals surface area contributed by atoms with E-state index in [0.29, 0.717) is 12.0 Å². The van der Waals surface area contributed by atoms with Gasteiger partial charge in [-0.25, -0.2) is 0 Å². The third-order valence-corrected chi connectivity index (χ3v) is 4.86. The van der Waals surface area contributed by atoms with Gasteiger partial charge in [0.05, 0.1) is 7.11 Å². The van der Waals surface area contributed by atoms with Crippen LogP contribution in [0.5, 0.6) is 5.75 Å². The number of methoxy groups -OCH3 is 1. The van der Waals surface area contributed by atoms with Crippen LogP contribution < -0.4 is 10.1 Å². The minimum absolute atomic E-state index is 0.376. The lowest BCUT2D eigenvalue weighted by molar-refractivity contribution is 0.325. The fourth-order valence-electron chi connectivity index (χ4n) is 3.36. The molecule has 0 amide bonds. The Hall–Kier alpha value is -0.730. The molecule has 2 rings (SSSR count). The van der Waals surface area contributed by atoms with E-state index in [2.05, 4.69) is 18.3 Å². The van der Waals surface area contributed by atoms with Gasteiger partial charge in [0.2, 0.25) is 0 Å². The molecule has 0 spiro atoms. The van der Waals surface area contributed by atoms with Gasteiger partial charge in [0.1, 0.15) is 5.75 Å². The zero-order valence-corrected chi connectivity index (χ0v) is 14.1. The van der Waals surface area contributed by atoms with Crippen molar-refractivity contribution in [2.24, 2.45) is 5.92 Å². The molecule has 1 saturated carbocycles. The molecule has 21 heavy (non-hydrogen) atoms. The Morgan fingerprint density at radius 2 is 1.95 bits per heavy atom. The summed E-state index contributed by atoms with van der Waals surface area (Å²) < 4.78 is 5.27. The van der Waals surface area contributed by atoms with Gasteiger partial charge < -0.3 is 10.1 Å². The van der Waals surface area contributed by atoms with E-state index < -0.39 is 0 Å². The zero-order chi connectivity index (χ0) is 15.1. The van der Waals surface area contributed by atoms with E-state index in [4.69, 9.17) is 16.3 Å². The predicted molar refractivity (Wildman–Crippen MR) is 90.2 cm³/mol. The van der Waals surface area contributed by atoms with Crippen LogP contribution in [0.3, 0.4) is 0 Å². The fourth-order valence-corrected chi connectivity index (χ4v) is 3.65. The quantitative estimate of drug-likeness (QED) is 0.714. The lowest BCUT2D eigenvalue weighted by Crippen LogP contribution is -2.29. The SMILES string of the molecule is CCCNC(c1ccc(OC)cc1Cl)C1CCCCCC1. The molecule has 0 aliphatic heterocycles. The van der Waals surface area contributed by atoms with Gasteiger partial charge in [0.15, 0.2) is 0 Å². The van der Waals surface area contributed by atoms with Crippen LogP contribution in [0.4, 0.5) is 0 Å². The summed E-state index contributed by atoms with van der Waals surface area (Å²) >= 11 is 6.52. The molecule has 0 heterocycles. The first-order valence-electron chi connectivity index (χ1n) is 8.33. The Bertz CT molecular complexity index is 427. The maximum atomic E-state index is 6.52. The van der Waals surface area contributed by atoms with Crippen molar-refractivity contribution in [3.05, 3.63) is 28.8 Å². The highest BCUT2D eigenvalue weighted by Gasteiger charge is 2.25. The first kappa shape index (κ1) is 16.6. The molecule has 1 unspecified atom stereocenters. The van der Waals surface area contributed by atoms with Crippen LogP contribution in [-0.2, 0) is 0 Å². The molecule has 1 aromatic rings. The molecule has 118 valence electrons. The van der Waals surface area contributed by atoms with Gasteiger partial charge in [-0.2, -0.15) is 0 Å². The Morgan fingerprint density at radius 3 is 2.52 bits per heavy atom. The van der Waals surface area contributed by atoms with Crippen LogP contribution >= 0.6 is 11.6 Å².